The number of nitrogens with one attached hydrogen (secondary N) is 3. The Kier molecular flexibility index (Phi) is 5.32. The van der Waals surface area contributed by atoms with Gasteiger partial charge in [-0.05, 0) is 51.2 Å². The zero-order valence-electron chi connectivity index (χ0n) is 15.5. The molecule has 1 saturated carbocycles. The molecule has 1 aromatic heterocycles. The van der Waals surface area contributed by atoms with Gasteiger partial charge in [-0.3, -0.25) is 9.59 Å². The summed E-state index contributed by atoms with van der Waals surface area (Å²) in [5.74, 6) is -0.0627. The molecular formula is C20H28N4O2. The minimum Gasteiger partial charge on any atom is -0.351 e. The number of carbonyl (C=O) groups is 2. The molecule has 1 aliphatic rings. The van der Waals surface area contributed by atoms with Gasteiger partial charge >= 0.3 is 0 Å². The van der Waals surface area contributed by atoms with E-state index in [1.807, 2.05) is 31.2 Å². The fraction of sp³-hybridized carbons (Fsp3) is 0.500. The highest BCUT2D eigenvalue weighted by molar-refractivity contribution is 5.98. The maximum absolute atomic E-state index is 12.6. The van der Waals surface area contributed by atoms with Crippen LogP contribution in [0.15, 0.2) is 24.3 Å². The van der Waals surface area contributed by atoms with Crippen molar-refractivity contribution < 1.29 is 9.59 Å². The zero-order chi connectivity index (χ0) is 18.7. The summed E-state index contributed by atoms with van der Waals surface area (Å²) >= 11 is 0. The quantitative estimate of drug-likeness (QED) is 0.662. The Morgan fingerprint density at radius 1 is 1.31 bits per heavy atom. The highest BCUT2D eigenvalue weighted by Crippen LogP contribution is 2.28. The van der Waals surface area contributed by atoms with E-state index in [0.717, 1.165) is 42.1 Å². The number of para-hydroxylation sites is 1. The first-order chi connectivity index (χ1) is 12.4. The lowest BCUT2D eigenvalue weighted by Gasteiger charge is -2.38. The van der Waals surface area contributed by atoms with Crippen LogP contribution in [0.2, 0.25) is 0 Å². The average Bonchev–Trinajstić information content (AvgIpc) is 3.03. The molecule has 0 unspecified atom stereocenters. The second-order valence-electron chi connectivity index (χ2n) is 7.62. The third-order valence-electron chi connectivity index (χ3n) is 5.35. The molecule has 1 fully saturated rings. The molecule has 0 atom stereocenters. The summed E-state index contributed by atoms with van der Waals surface area (Å²) < 4.78 is 0. The first kappa shape index (κ1) is 18.5. The van der Waals surface area contributed by atoms with E-state index in [0.29, 0.717) is 18.7 Å². The van der Waals surface area contributed by atoms with Gasteiger partial charge < -0.3 is 21.4 Å². The largest absolute Gasteiger partial charge is 0.351 e. The summed E-state index contributed by atoms with van der Waals surface area (Å²) in [4.78, 5) is 27.6. The van der Waals surface area contributed by atoms with E-state index in [1.54, 1.807) is 0 Å². The highest BCUT2D eigenvalue weighted by atomic mass is 16.2. The van der Waals surface area contributed by atoms with Gasteiger partial charge in [-0.25, -0.2) is 0 Å². The number of aryl methyl sites for hydroxylation is 1. The fourth-order valence-corrected chi connectivity index (χ4v) is 3.75. The number of nitrogens with two attached hydrogens (primary N) is 1. The van der Waals surface area contributed by atoms with Crippen molar-refractivity contribution in [2.24, 2.45) is 5.73 Å². The molecule has 1 heterocycles. The predicted molar refractivity (Wildman–Crippen MR) is 103 cm³/mol. The summed E-state index contributed by atoms with van der Waals surface area (Å²) in [5.41, 5.74) is 7.97. The molecule has 26 heavy (non-hydrogen) atoms. The first-order valence-corrected chi connectivity index (χ1v) is 9.30. The van der Waals surface area contributed by atoms with Crippen molar-refractivity contribution in [3.63, 3.8) is 0 Å². The Morgan fingerprint density at radius 2 is 2.04 bits per heavy atom. The molecule has 0 aliphatic heterocycles. The van der Waals surface area contributed by atoms with Gasteiger partial charge in [-0.2, -0.15) is 0 Å². The number of hydrogen-bond donors (Lipinski definition) is 4. The smallest absolute Gasteiger partial charge is 0.267 e. The first-order valence-electron chi connectivity index (χ1n) is 9.30. The van der Waals surface area contributed by atoms with Crippen LogP contribution >= 0.6 is 0 Å². The van der Waals surface area contributed by atoms with Crippen LogP contribution in [0, 0.1) is 6.92 Å². The van der Waals surface area contributed by atoms with Gasteiger partial charge in [0.1, 0.15) is 5.69 Å². The number of amides is 2. The lowest BCUT2D eigenvalue weighted by atomic mass is 9.80. The van der Waals surface area contributed by atoms with Crippen molar-refractivity contribution in [3.05, 3.63) is 35.5 Å². The summed E-state index contributed by atoms with van der Waals surface area (Å²) in [6.45, 7) is 4.46. The zero-order valence-corrected chi connectivity index (χ0v) is 15.5. The van der Waals surface area contributed by atoms with Crippen LogP contribution in [-0.4, -0.2) is 34.9 Å². The number of carbonyl (C=O) groups excluding carboxylic acids is 2. The third kappa shape index (κ3) is 4.07. The van der Waals surface area contributed by atoms with E-state index < -0.39 is 0 Å². The number of H-pyrrole nitrogens is 1. The van der Waals surface area contributed by atoms with Gasteiger partial charge in [-0.1, -0.05) is 18.2 Å². The van der Waals surface area contributed by atoms with Gasteiger partial charge in [-0.15, -0.1) is 0 Å². The molecular weight excluding hydrogens is 328 g/mol. The topological polar surface area (TPSA) is 100 Å². The van der Waals surface area contributed by atoms with Gasteiger partial charge in [0, 0.05) is 35.4 Å². The second-order valence-corrected chi connectivity index (χ2v) is 7.62. The Labute approximate surface area is 153 Å². The van der Waals surface area contributed by atoms with Gasteiger partial charge in [0.2, 0.25) is 5.91 Å². The summed E-state index contributed by atoms with van der Waals surface area (Å²) in [6.07, 6.45) is 3.75. The van der Waals surface area contributed by atoms with Gasteiger partial charge in [0.15, 0.2) is 0 Å². The highest BCUT2D eigenvalue weighted by Gasteiger charge is 2.32. The number of aromatic amines is 1. The summed E-state index contributed by atoms with van der Waals surface area (Å²) in [5, 5.41) is 7.27. The van der Waals surface area contributed by atoms with Gasteiger partial charge in [0.25, 0.3) is 5.91 Å². The average molecular weight is 356 g/mol. The molecule has 2 amide bonds. The second kappa shape index (κ2) is 7.50. The third-order valence-corrected chi connectivity index (χ3v) is 5.35. The molecule has 3 rings (SSSR count). The standard InChI is InChI=1S/C20H28N4O2/c1-13-4-3-5-14-12-16(23-18(13)14)19(26)22-15-6-9-20(2,10-7-15)24-17(25)8-11-21/h3-5,12,15,23H,6-11,21H2,1-2H3,(H,22,26)(H,24,25)/t15-,20+. The molecule has 1 aliphatic carbocycles. The van der Waals surface area contributed by atoms with Crippen molar-refractivity contribution in [2.45, 2.75) is 57.5 Å². The minimum atomic E-state index is -0.203. The Hall–Kier alpha value is -2.34. The summed E-state index contributed by atoms with van der Waals surface area (Å²) in [7, 11) is 0. The van der Waals surface area contributed by atoms with Crippen molar-refractivity contribution >= 4 is 22.7 Å². The predicted octanol–water partition coefficient (Wildman–Crippen LogP) is 2.37. The molecule has 6 nitrogen and oxygen atoms in total. The van der Waals surface area contributed by atoms with Crippen molar-refractivity contribution in [2.75, 3.05) is 6.54 Å². The number of hydrogen-bond acceptors (Lipinski definition) is 3. The van der Waals surface area contributed by atoms with Crippen molar-refractivity contribution in [1.82, 2.24) is 15.6 Å². The molecule has 2 aromatic rings. The molecule has 0 bridgehead atoms. The molecule has 140 valence electrons. The van der Waals surface area contributed by atoms with E-state index >= 15 is 0 Å². The normalized spacial score (nSPS) is 23.0. The molecule has 0 spiro atoms. The summed E-state index contributed by atoms with van der Waals surface area (Å²) in [6, 6.07) is 8.06. The van der Waals surface area contributed by atoms with E-state index in [9.17, 15) is 9.59 Å². The monoisotopic (exact) mass is 356 g/mol. The fourth-order valence-electron chi connectivity index (χ4n) is 3.75. The lowest BCUT2D eigenvalue weighted by Crippen LogP contribution is -2.51. The Morgan fingerprint density at radius 3 is 2.69 bits per heavy atom. The Bertz CT molecular complexity index is 803. The van der Waals surface area contributed by atoms with E-state index in [2.05, 4.69) is 22.5 Å². The van der Waals surface area contributed by atoms with Crippen molar-refractivity contribution in [1.29, 1.82) is 0 Å². The SMILES string of the molecule is Cc1cccc2cc(C(=O)N[C@H]3CC[C@@](C)(NC(=O)CCN)CC3)[nH]c12. The van der Waals surface area contributed by atoms with Crippen LogP contribution in [0.5, 0.6) is 0 Å². The van der Waals surface area contributed by atoms with Crippen molar-refractivity contribution in [3.8, 4) is 0 Å². The molecule has 5 N–H and O–H groups in total. The Balaban J connectivity index is 1.57. The van der Waals surface area contributed by atoms with E-state index in [1.165, 1.54) is 0 Å². The number of fused-ring (bicyclic) bond motifs is 1. The van der Waals surface area contributed by atoms with Crippen LogP contribution in [0.3, 0.4) is 0 Å². The van der Waals surface area contributed by atoms with E-state index in [4.69, 9.17) is 5.73 Å². The van der Waals surface area contributed by atoms with Crippen LogP contribution in [0.25, 0.3) is 10.9 Å². The van der Waals surface area contributed by atoms with E-state index in [-0.39, 0.29) is 23.4 Å². The van der Waals surface area contributed by atoms with Gasteiger partial charge in [0.05, 0.1) is 0 Å². The molecule has 6 heteroatoms. The van der Waals surface area contributed by atoms with Crippen LogP contribution < -0.4 is 16.4 Å². The number of benzene rings is 1. The molecule has 1 aromatic carbocycles. The number of rotatable bonds is 5. The van der Waals surface area contributed by atoms with Crippen LogP contribution in [0.4, 0.5) is 0 Å². The lowest BCUT2D eigenvalue weighted by molar-refractivity contribution is -0.123. The number of aromatic nitrogens is 1. The molecule has 0 saturated heterocycles. The van der Waals surface area contributed by atoms with Crippen LogP contribution in [0.1, 0.15) is 55.1 Å². The maximum atomic E-state index is 12.6. The van der Waals surface area contributed by atoms with Crippen LogP contribution in [-0.2, 0) is 4.79 Å². The minimum absolute atomic E-state index is 0.00549. The molecule has 0 radical (unpaired) electrons. The maximum Gasteiger partial charge on any atom is 0.267 e.